The van der Waals surface area contributed by atoms with Gasteiger partial charge in [-0.3, -0.25) is 4.79 Å². The molecule has 0 spiro atoms. The van der Waals surface area contributed by atoms with Crippen molar-refractivity contribution in [3.05, 3.63) is 0 Å². The Kier molecular flexibility index (Phi) is 10.8. The number of fused-ring (bicyclic) bond motifs is 1. The molecule has 2 heterocycles. The third-order valence-electron chi connectivity index (χ3n) is 4.35. The Bertz CT molecular complexity index is 457. The Hall–Kier alpha value is -1.07. The maximum Gasteiger partial charge on any atom is 0.315 e. The zero-order valence-electron chi connectivity index (χ0n) is 15.7. The maximum absolute atomic E-state index is 12.0. The molecular formula is C17H32N4O5S. The molecule has 5 N–H and O–H groups in total. The normalized spacial score (nSPS) is 23.7. The minimum absolute atomic E-state index is 0.0206. The molecule has 10 heteroatoms. The smallest absolute Gasteiger partial charge is 0.315 e. The van der Waals surface area contributed by atoms with Crippen molar-refractivity contribution >= 4 is 23.7 Å². The molecule has 27 heavy (non-hydrogen) atoms. The van der Waals surface area contributed by atoms with E-state index in [2.05, 4.69) is 16.0 Å². The van der Waals surface area contributed by atoms with Gasteiger partial charge in [-0.1, -0.05) is 0 Å². The number of hydrogen-bond acceptors (Lipinski definition) is 7. The number of nitrogens with two attached hydrogens (primary N) is 1. The summed E-state index contributed by atoms with van der Waals surface area (Å²) in [5, 5.41) is 8.82. The Morgan fingerprint density at radius 1 is 1.07 bits per heavy atom. The molecule has 3 atom stereocenters. The molecule has 2 rings (SSSR count). The second-order valence-corrected chi connectivity index (χ2v) is 7.78. The molecule has 156 valence electrons. The molecule has 0 aliphatic carbocycles. The van der Waals surface area contributed by atoms with Gasteiger partial charge in [-0.15, -0.1) is 0 Å². The van der Waals surface area contributed by atoms with Crippen LogP contribution in [0.2, 0.25) is 0 Å². The highest BCUT2D eigenvalue weighted by molar-refractivity contribution is 8.00. The van der Waals surface area contributed by atoms with Crippen LogP contribution in [0.3, 0.4) is 0 Å². The van der Waals surface area contributed by atoms with Crippen LogP contribution in [0.15, 0.2) is 0 Å². The van der Waals surface area contributed by atoms with Crippen LogP contribution in [-0.4, -0.2) is 87.8 Å². The number of carbonyl (C=O) groups is 2. The van der Waals surface area contributed by atoms with Crippen molar-refractivity contribution in [2.75, 3.05) is 58.5 Å². The predicted molar refractivity (Wildman–Crippen MR) is 104 cm³/mol. The summed E-state index contributed by atoms with van der Waals surface area (Å²) in [6.45, 7) is 4.69. The summed E-state index contributed by atoms with van der Waals surface area (Å²) in [7, 11) is 0. The Balaban J connectivity index is 1.36. The highest BCUT2D eigenvalue weighted by Crippen LogP contribution is 2.31. The lowest BCUT2D eigenvalue weighted by molar-refractivity contribution is -0.121. The van der Waals surface area contributed by atoms with Crippen LogP contribution in [0.5, 0.6) is 0 Å². The average Bonchev–Trinajstić information content (AvgIpc) is 3.19. The molecule has 0 aromatic rings. The quantitative estimate of drug-likeness (QED) is 0.213. The van der Waals surface area contributed by atoms with E-state index in [-0.39, 0.29) is 29.3 Å². The summed E-state index contributed by atoms with van der Waals surface area (Å²) in [4.78, 5) is 23.4. The zero-order chi connectivity index (χ0) is 19.3. The highest BCUT2D eigenvalue weighted by Gasteiger charge is 2.43. The van der Waals surface area contributed by atoms with Crippen LogP contribution in [0.25, 0.3) is 0 Å². The van der Waals surface area contributed by atoms with Gasteiger partial charge < -0.3 is 35.9 Å². The fraction of sp³-hybridized carbons (Fsp3) is 0.882. The van der Waals surface area contributed by atoms with Gasteiger partial charge in [0.2, 0.25) is 5.91 Å². The number of hydrogen-bond donors (Lipinski definition) is 4. The summed E-state index contributed by atoms with van der Waals surface area (Å²) in [5.74, 6) is 0.879. The summed E-state index contributed by atoms with van der Waals surface area (Å²) in [6, 6.07) is 0.0759. The first-order chi connectivity index (χ1) is 13.2. The largest absolute Gasteiger partial charge is 0.379 e. The predicted octanol–water partition coefficient (Wildman–Crippen LogP) is -0.553. The molecule has 2 saturated heterocycles. The molecule has 2 aliphatic rings. The number of rotatable bonds is 15. The number of amides is 3. The Morgan fingerprint density at radius 2 is 1.74 bits per heavy atom. The van der Waals surface area contributed by atoms with Crippen molar-refractivity contribution in [3.8, 4) is 0 Å². The fourth-order valence-corrected chi connectivity index (χ4v) is 4.43. The van der Waals surface area contributed by atoms with Crippen LogP contribution in [-0.2, 0) is 19.0 Å². The molecule has 0 aromatic carbocycles. The second kappa shape index (κ2) is 13.2. The molecule has 3 amide bonds. The topological polar surface area (TPSA) is 124 Å². The van der Waals surface area contributed by atoms with E-state index in [0.717, 1.165) is 18.6 Å². The van der Waals surface area contributed by atoms with Crippen LogP contribution in [0, 0.1) is 0 Å². The van der Waals surface area contributed by atoms with Gasteiger partial charge in [0.1, 0.15) is 0 Å². The summed E-state index contributed by atoms with van der Waals surface area (Å²) < 4.78 is 16.2. The number of urea groups is 1. The van der Waals surface area contributed by atoms with E-state index in [1.807, 2.05) is 0 Å². The van der Waals surface area contributed by atoms with Gasteiger partial charge in [0.05, 0.1) is 38.5 Å². The van der Waals surface area contributed by atoms with E-state index in [0.29, 0.717) is 59.2 Å². The standard InChI is InChI=1S/C17H32N4O5S/c18-3-1-5-24-7-9-26-10-8-25-6-2-4-19-15(22)11-14-16-13(12-27-14)20-17(23)21-16/h13-14,16H,1-12,18H2,(H,19,22)(H2,20,21,23)/t13-,14-,16-/m0/s1. The number of thioether (sulfide) groups is 1. The summed E-state index contributed by atoms with van der Waals surface area (Å²) in [6.07, 6.45) is 2.06. The molecule has 2 aliphatic heterocycles. The van der Waals surface area contributed by atoms with Gasteiger partial charge >= 0.3 is 6.03 Å². The number of carbonyl (C=O) groups excluding carboxylic acids is 2. The molecule has 0 aromatic heterocycles. The highest BCUT2D eigenvalue weighted by atomic mass is 32.2. The van der Waals surface area contributed by atoms with Gasteiger partial charge in [0.15, 0.2) is 0 Å². The first-order valence-corrected chi connectivity index (χ1v) is 10.6. The molecule has 0 saturated carbocycles. The summed E-state index contributed by atoms with van der Waals surface area (Å²) in [5.41, 5.74) is 5.37. The number of nitrogens with one attached hydrogen (secondary N) is 3. The van der Waals surface area contributed by atoms with Crippen LogP contribution in [0.4, 0.5) is 4.79 Å². The van der Waals surface area contributed by atoms with Crippen molar-refractivity contribution in [3.63, 3.8) is 0 Å². The van der Waals surface area contributed by atoms with Crippen LogP contribution < -0.4 is 21.7 Å². The van der Waals surface area contributed by atoms with Crippen molar-refractivity contribution in [2.45, 2.75) is 36.6 Å². The van der Waals surface area contributed by atoms with Crippen molar-refractivity contribution in [1.29, 1.82) is 0 Å². The Morgan fingerprint density at radius 3 is 2.44 bits per heavy atom. The SMILES string of the molecule is NCCCOCCOCCOCCCNC(=O)C[C@@H]1SC[C@@H]2NC(=O)N[C@@H]21. The number of ether oxygens (including phenoxy) is 3. The van der Waals surface area contributed by atoms with Gasteiger partial charge in [0, 0.05) is 37.2 Å². The lowest BCUT2D eigenvalue weighted by atomic mass is 10.1. The van der Waals surface area contributed by atoms with Crippen molar-refractivity contribution in [1.82, 2.24) is 16.0 Å². The van der Waals surface area contributed by atoms with E-state index in [1.165, 1.54) is 0 Å². The molecule has 2 fully saturated rings. The Labute approximate surface area is 164 Å². The average molecular weight is 405 g/mol. The monoisotopic (exact) mass is 404 g/mol. The molecule has 0 radical (unpaired) electrons. The van der Waals surface area contributed by atoms with E-state index >= 15 is 0 Å². The van der Waals surface area contributed by atoms with Crippen LogP contribution in [0.1, 0.15) is 19.3 Å². The fourth-order valence-electron chi connectivity index (χ4n) is 2.95. The van der Waals surface area contributed by atoms with E-state index < -0.39 is 0 Å². The zero-order valence-corrected chi connectivity index (χ0v) is 16.6. The first kappa shape index (κ1) is 22.2. The second-order valence-electron chi connectivity index (χ2n) is 6.51. The molecular weight excluding hydrogens is 372 g/mol. The van der Waals surface area contributed by atoms with E-state index in [1.54, 1.807) is 11.8 Å². The van der Waals surface area contributed by atoms with Crippen LogP contribution >= 0.6 is 11.8 Å². The van der Waals surface area contributed by atoms with Crippen molar-refractivity contribution in [2.24, 2.45) is 5.73 Å². The van der Waals surface area contributed by atoms with Gasteiger partial charge in [-0.2, -0.15) is 11.8 Å². The molecule has 0 bridgehead atoms. The molecule has 0 unspecified atom stereocenters. The summed E-state index contributed by atoms with van der Waals surface area (Å²) >= 11 is 1.74. The third kappa shape index (κ3) is 8.65. The van der Waals surface area contributed by atoms with E-state index in [4.69, 9.17) is 19.9 Å². The molecule has 9 nitrogen and oxygen atoms in total. The lowest BCUT2D eigenvalue weighted by Crippen LogP contribution is -2.39. The first-order valence-electron chi connectivity index (χ1n) is 9.59. The van der Waals surface area contributed by atoms with Gasteiger partial charge in [0.25, 0.3) is 0 Å². The van der Waals surface area contributed by atoms with Gasteiger partial charge in [-0.05, 0) is 19.4 Å². The minimum atomic E-state index is -0.129. The lowest BCUT2D eigenvalue weighted by Gasteiger charge is -2.16. The van der Waals surface area contributed by atoms with Crippen molar-refractivity contribution < 1.29 is 23.8 Å². The third-order valence-corrected chi connectivity index (χ3v) is 5.79. The van der Waals surface area contributed by atoms with E-state index in [9.17, 15) is 9.59 Å². The minimum Gasteiger partial charge on any atom is -0.379 e. The maximum atomic E-state index is 12.0. The van der Waals surface area contributed by atoms with Gasteiger partial charge in [-0.25, -0.2) is 4.79 Å².